The van der Waals surface area contributed by atoms with Crippen LogP contribution < -0.4 is 4.74 Å². The molecule has 9 heteroatoms. The highest BCUT2D eigenvalue weighted by Gasteiger charge is 2.33. The van der Waals surface area contributed by atoms with Crippen LogP contribution in [0.2, 0.25) is 0 Å². The maximum Gasteiger partial charge on any atom is 0.264 e. The first-order chi connectivity index (χ1) is 14.4. The molecule has 0 saturated carbocycles. The Morgan fingerprint density at radius 2 is 1.81 bits per heavy atom. The molecule has 0 aliphatic rings. The largest absolute Gasteiger partial charge is 0.455 e. The normalized spacial score (nSPS) is 13.4. The molecule has 0 saturated heterocycles. The monoisotopic (exact) mass is 451 g/mol. The number of para-hydroxylation sites is 1. The number of hydrogen-bond acceptors (Lipinski definition) is 6. The van der Waals surface area contributed by atoms with E-state index in [0.29, 0.717) is 28.1 Å². The average molecular weight is 451 g/mol. The quantitative estimate of drug-likeness (QED) is 0.527. The van der Waals surface area contributed by atoms with Crippen LogP contribution in [-0.4, -0.2) is 31.4 Å². The van der Waals surface area contributed by atoms with Crippen molar-refractivity contribution in [2.45, 2.75) is 26.9 Å². The van der Waals surface area contributed by atoms with Crippen LogP contribution in [0.25, 0.3) is 10.9 Å². The van der Waals surface area contributed by atoms with Gasteiger partial charge < -0.3 is 9.84 Å². The van der Waals surface area contributed by atoms with Gasteiger partial charge in [-0.25, -0.2) is 13.8 Å². The van der Waals surface area contributed by atoms with E-state index in [2.05, 4.69) is 4.98 Å². The molecule has 1 N–H and O–H groups in total. The van der Waals surface area contributed by atoms with E-state index in [1.165, 1.54) is 6.07 Å². The number of hydrogen-bond donors (Lipinski definition) is 1. The molecule has 31 heavy (non-hydrogen) atoms. The lowest BCUT2D eigenvalue weighted by atomic mass is 9.83. The summed E-state index contributed by atoms with van der Waals surface area (Å²) < 4.78 is 61.1. The lowest BCUT2D eigenvalue weighted by Gasteiger charge is -2.31. The minimum Gasteiger partial charge on any atom is -0.455 e. The SMILES string of the molecule is Cc1nc2c(F)c(F)ccc2cc1Oc1ccccc1C(O)C(C)(C)COS(C)(=O)=O. The maximum absolute atomic E-state index is 14.0. The van der Waals surface area contributed by atoms with Gasteiger partial charge in [-0.2, -0.15) is 8.42 Å². The molecule has 1 heterocycles. The molecule has 3 rings (SSSR count). The Balaban J connectivity index is 1.95. The Morgan fingerprint density at radius 1 is 1.13 bits per heavy atom. The summed E-state index contributed by atoms with van der Waals surface area (Å²) in [5.74, 6) is -1.40. The standard InChI is InChI=1S/C22H23F2NO5S/c1-13-18(11-14-9-10-16(23)19(24)20(14)25-13)30-17-8-6-5-7-15(17)21(26)22(2,3)12-29-31(4,27)28/h5-11,21,26H,12H2,1-4H3. The highest BCUT2D eigenvalue weighted by molar-refractivity contribution is 7.85. The fourth-order valence-corrected chi connectivity index (χ4v) is 3.55. The highest BCUT2D eigenvalue weighted by Crippen LogP contribution is 2.40. The first kappa shape index (κ1) is 23.1. The van der Waals surface area contributed by atoms with Crippen LogP contribution in [0.1, 0.15) is 31.2 Å². The number of aryl methyl sites for hydroxylation is 1. The number of fused-ring (bicyclic) bond motifs is 1. The molecule has 166 valence electrons. The number of pyridine rings is 1. The van der Waals surface area contributed by atoms with Crippen LogP contribution >= 0.6 is 0 Å². The van der Waals surface area contributed by atoms with Gasteiger partial charge in [0.05, 0.1) is 24.7 Å². The lowest BCUT2D eigenvalue weighted by molar-refractivity contribution is 0.0150. The molecule has 1 atom stereocenters. The average Bonchev–Trinajstić information content (AvgIpc) is 2.70. The van der Waals surface area contributed by atoms with Gasteiger partial charge in [-0.3, -0.25) is 4.18 Å². The molecule has 1 aromatic heterocycles. The summed E-state index contributed by atoms with van der Waals surface area (Å²) in [7, 11) is -3.67. The molecule has 0 spiro atoms. The van der Waals surface area contributed by atoms with E-state index < -0.39 is 33.3 Å². The number of ether oxygens (including phenoxy) is 1. The van der Waals surface area contributed by atoms with Gasteiger partial charge in [-0.15, -0.1) is 0 Å². The topological polar surface area (TPSA) is 85.7 Å². The number of aliphatic hydroxyl groups is 1. The minimum absolute atomic E-state index is 0.0998. The van der Waals surface area contributed by atoms with Crippen molar-refractivity contribution >= 4 is 21.0 Å². The van der Waals surface area contributed by atoms with E-state index >= 15 is 0 Å². The number of aliphatic hydroxyl groups excluding tert-OH is 1. The van der Waals surface area contributed by atoms with Crippen LogP contribution in [0.3, 0.4) is 0 Å². The molecule has 0 aliphatic heterocycles. The van der Waals surface area contributed by atoms with Crippen LogP contribution in [0.15, 0.2) is 42.5 Å². The van der Waals surface area contributed by atoms with E-state index in [1.807, 2.05) is 0 Å². The van der Waals surface area contributed by atoms with Crippen molar-refractivity contribution in [3.63, 3.8) is 0 Å². The number of benzene rings is 2. The van der Waals surface area contributed by atoms with Gasteiger partial charge in [0.25, 0.3) is 10.1 Å². The third-order valence-electron chi connectivity index (χ3n) is 4.84. The number of aromatic nitrogens is 1. The molecule has 0 fully saturated rings. The zero-order chi connectivity index (χ0) is 23.0. The smallest absolute Gasteiger partial charge is 0.264 e. The van der Waals surface area contributed by atoms with E-state index in [0.717, 1.165) is 12.3 Å². The Kier molecular flexibility index (Phi) is 6.31. The number of halogens is 2. The molecule has 0 bridgehead atoms. The van der Waals surface area contributed by atoms with Gasteiger partial charge in [0.1, 0.15) is 17.0 Å². The summed E-state index contributed by atoms with van der Waals surface area (Å²) in [5, 5.41) is 11.3. The van der Waals surface area contributed by atoms with E-state index in [1.54, 1.807) is 51.1 Å². The maximum atomic E-state index is 14.0. The molecule has 6 nitrogen and oxygen atoms in total. The highest BCUT2D eigenvalue weighted by atomic mass is 32.2. The molecule has 0 radical (unpaired) electrons. The van der Waals surface area contributed by atoms with Crippen molar-refractivity contribution in [3.8, 4) is 11.5 Å². The third kappa shape index (κ3) is 5.17. The fraction of sp³-hybridized carbons (Fsp3) is 0.318. The Labute approximate surface area is 179 Å². The van der Waals surface area contributed by atoms with Gasteiger partial charge in [-0.05, 0) is 31.2 Å². The Morgan fingerprint density at radius 3 is 2.48 bits per heavy atom. The lowest BCUT2D eigenvalue weighted by Crippen LogP contribution is -2.29. The summed E-state index contributed by atoms with van der Waals surface area (Å²) in [4.78, 5) is 4.12. The van der Waals surface area contributed by atoms with Crippen LogP contribution in [-0.2, 0) is 14.3 Å². The van der Waals surface area contributed by atoms with Crippen molar-refractivity contribution in [2.24, 2.45) is 5.41 Å². The summed E-state index contributed by atoms with van der Waals surface area (Å²) in [6.07, 6.45) is -0.179. The van der Waals surface area contributed by atoms with Crippen LogP contribution in [0.5, 0.6) is 11.5 Å². The second-order valence-electron chi connectivity index (χ2n) is 8.00. The molecule has 3 aromatic rings. The van der Waals surface area contributed by atoms with Crippen LogP contribution in [0.4, 0.5) is 8.78 Å². The first-order valence-electron chi connectivity index (χ1n) is 9.43. The van der Waals surface area contributed by atoms with Crippen molar-refractivity contribution in [2.75, 3.05) is 12.9 Å². The van der Waals surface area contributed by atoms with E-state index in [4.69, 9.17) is 8.92 Å². The molecule has 0 amide bonds. The van der Waals surface area contributed by atoms with Crippen molar-refractivity contribution in [1.82, 2.24) is 4.98 Å². The molecular weight excluding hydrogens is 428 g/mol. The minimum atomic E-state index is -3.67. The summed E-state index contributed by atoms with van der Waals surface area (Å²) in [6, 6.07) is 10.7. The van der Waals surface area contributed by atoms with Gasteiger partial charge in [-0.1, -0.05) is 32.0 Å². The van der Waals surface area contributed by atoms with Gasteiger partial charge in [0.15, 0.2) is 11.6 Å². The molecular formula is C22H23F2NO5S. The molecule has 1 unspecified atom stereocenters. The van der Waals surface area contributed by atoms with E-state index in [-0.39, 0.29) is 12.1 Å². The Hall–Kier alpha value is -2.62. The van der Waals surface area contributed by atoms with Crippen molar-refractivity contribution < 1.29 is 31.2 Å². The fourth-order valence-electron chi connectivity index (χ4n) is 3.03. The number of rotatable bonds is 7. The van der Waals surface area contributed by atoms with Gasteiger partial charge >= 0.3 is 0 Å². The Bertz CT molecular complexity index is 1230. The molecule has 2 aromatic carbocycles. The third-order valence-corrected chi connectivity index (χ3v) is 5.39. The zero-order valence-electron chi connectivity index (χ0n) is 17.5. The van der Waals surface area contributed by atoms with Crippen molar-refractivity contribution in [1.29, 1.82) is 0 Å². The summed E-state index contributed by atoms with van der Waals surface area (Å²) in [5.41, 5.74) is -0.313. The molecule has 0 aliphatic carbocycles. The summed E-state index contributed by atoms with van der Waals surface area (Å²) >= 11 is 0. The van der Waals surface area contributed by atoms with Crippen LogP contribution in [0, 0.1) is 24.0 Å². The van der Waals surface area contributed by atoms with Gasteiger partial charge in [0, 0.05) is 16.4 Å². The first-order valence-corrected chi connectivity index (χ1v) is 11.3. The predicted molar refractivity (Wildman–Crippen MR) is 112 cm³/mol. The van der Waals surface area contributed by atoms with Gasteiger partial charge in [0.2, 0.25) is 0 Å². The predicted octanol–water partition coefficient (Wildman–Crippen LogP) is 4.65. The second-order valence-corrected chi connectivity index (χ2v) is 9.65. The second kappa shape index (κ2) is 8.49. The number of nitrogens with zero attached hydrogens (tertiary/aromatic N) is 1. The summed E-state index contributed by atoms with van der Waals surface area (Å²) in [6.45, 7) is 4.70. The van der Waals surface area contributed by atoms with Crippen molar-refractivity contribution in [3.05, 3.63) is 65.4 Å². The van der Waals surface area contributed by atoms with E-state index in [9.17, 15) is 22.3 Å². The zero-order valence-corrected chi connectivity index (χ0v) is 18.3.